The van der Waals surface area contributed by atoms with Crippen LogP contribution in [0.4, 0.5) is 0 Å². The number of methoxy groups -OCH3 is 2. The van der Waals surface area contributed by atoms with Gasteiger partial charge in [-0.05, 0) is 17.7 Å². The maximum Gasteiger partial charge on any atom is 0.274 e. The average molecular weight is 279 g/mol. The number of nitrogens with zero attached hydrogens (tertiary/aromatic N) is 2. The summed E-state index contributed by atoms with van der Waals surface area (Å²) in [4.78, 5) is 12.0. The molecule has 0 spiro atoms. The highest BCUT2D eigenvalue weighted by Crippen LogP contribution is 2.24. The molecule has 1 fully saturated rings. The van der Waals surface area contributed by atoms with E-state index in [1.54, 1.807) is 20.3 Å². The summed E-state index contributed by atoms with van der Waals surface area (Å²) in [5.41, 5.74) is 0.971. The van der Waals surface area contributed by atoms with Gasteiger partial charge in [-0.25, -0.2) is 0 Å². The summed E-state index contributed by atoms with van der Waals surface area (Å²) >= 11 is 0. The maximum absolute atomic E-state index is 10.6. The van der Waals surface area contributed by atoms with Gasteiger partial charge in [0, 0.05) is 25.7 Å². The third kappa shape index (κ3) is 3.31. The van der Waals surface area contributed by atoms with E-state index < -0.39 is 4.92 Å². The molecule has 1 aliphatic rings. The molecule has 0 unspecified atom stereocenters. The maximum atomic E-state index is 10.6. The van der Waals surface area contributed by atoms with E-state index >= 15 is 0 Å². The average Bonchev–Trinajstić information content (AvgIpc) is 2.84. The van der Waals surface area contributed by atoms with E-state index in [0.29, 0.717) is 30.4 Å². The Morgan fingerprint density at radius 1 is 1.35 bits per heavy atom. The Morgan fingerprint density at radius 2 is 2.00 bits per heavy atom. The van der Waals surface area contributed by atoms with Crippen molar-refractivity contribution in [2.24, 2.45) is 0 Å². The standard InChI is InChI=1S/C13H17N3O4/c1-19-11-5-10(6-12(7-11)20-2)8-15-4-3-14-13(15)9-16(17)18/h5-7,9,14H,3-4,8H2,1-2H3/b13-9+. The molecular formula is C13H17N3O4. The molecule has 0 saturated carbocycles. The van der Waals surface area contributed by atoms with Crippen molar-refractivity contribution in [1.82, 2.24) is 10.2 Å². The highest BCUT2D eigenvalue weighted by molar-refractivity contribution is 5.38. The van der Waals surface area contributed by atoms with Gasteiger partial charge in [0.1, 0.15) is 11.5 Å². The molecule has 1 aromatic rings. The monoisotopic (exact) mass is 279 g/mol. The second-order valence-corrected chi connectivity index (χ2v) is 4.37. The summed E-state index contributed by atoms with van der Waals surface area (Å²) in [7, 11) is 3.18. The number of hydrogen-bond acceptors (Lipinski definition) is 6. The Bertz CT molecular complexity index is 508. The molecule has 2 rings (SSSR count). The lowest BCUT2D eigenvalue weighted by atomic mass is 10.2. The van der Waals surface area contributed by atoms with Crippen molar-refractivity contribution in [2.75, 3.05) is 27.3 Å². The number of nitro groups is 1. The number of benzene rings is 1. The van der Waals surface area contributed by atoms with Crippen molar-refractivity contribution in [2.45, 2.75) is 6.54 Å². The second kappa shape index (κ2) is 6.14. The van der Waals surface area contributed by atoms with E-state index in [9.17, 15) is 10.1 Å². The summed E-state index contributed by atoms with van der Waals surface area (Å²) in [6.07, 6.45) is 0.990. The molecule has 0 amide bonds. The summed E-state index contributed by atoms with van der Waals surface area (Å²) in [6.45, 7) is 1.97. The van der Waals surface area contributed by atoms with Crippen molar-refractivity contribution < 1.29 is 14.4 Å². The molecular weight excluding hydrogens is 262 g/mol. The van der Waals surface area contributed by atoms with Crippen molar-refractivity contribution in [3.8, 4) is 11.5 Å². The van der Waals surface area contributed by atoms with E-state index in [0.717, 1.165) is 18.3 Å². The van der Waals surface area contributed by atoms with Gasteiger partial charge in [-0.1, -0.05) is 0 Å². The van der Waals surface area contributed by atoms with Crippen LogP contribution < -0.4 is 14.8 Å². The van der Waals surface area contributed by atoms with Crippen LogP contribution in [0.15, 0.2) is 30.2 Å². The molecule has 1 aromatic carbocycles. The third-order valence-corrected chi connectivity index (χ3v) is 3.04. The molecule has 0 aliphatic carbocycles. The van der Waals surface area contributed by atoms with Crippen molar-refractivity contribution in [3.63, 3.8) is 0 Å². The Hall–Kier alpha value is -2.44. The normalized spacial score (nSPS) is 16.1. The van der Waals surface area contributed by atoms with Gasteiger partial charge in [0.15, 0.2) is 5.82 Å². The van der Waals surface area contributed by atoms with Gasteiger partial charge < -0.3 is 19.7 Å². The summed E-state index contributed by atoms with van der Waals surface area (Å²) in [6, 6.07) is 5.58. The zero-order chi connectivity index (χ0) is 14.5. The van der Waals surface area contributed by atoms with Crippen LogP contribution in [0.2, 0.25) is 0 Å². The minimum atomic E-state index is -0.452. The molecule has 1 saturated heterocycles. The lowest BCUT2D eigenvalue weighted by Crippen LogP contribution is -2.20. The fourth-order valence-corrected chi connectivity index (χ4v) is 2.12. The molecule has 0 bridgehead atoms. The Balaban J connectivity index is 2.18. The van der Waals surface area contributed by atoms with Crippen LogP contribution in [0, 0.1) is 10.1 Å². The molecule has 7 heteroatoms. The molecule has 7 nitrogen and oxygen atoms in total. The minimum absolute atomic E-state index is 0.452. The Kier molecular flexibility index (Phi) is 4.29. The zero-order valence-electron chi connectivity index (χ0n) is 11.5. The predicted octanol–water partition coefficient (Wildman–Crippen LogP) is 1.18. The van der Waals surface area contributed by atoms with Gasteiger partial charge in [-0.3, -0.25) is 10.1 Å². The van der Waals surface area contributed by atoms with E-state index in [1.807, 2.05) is 17.0 Å². The highest BCUT2D eigenvalue weighted by atomic mass is 16.6. The van der Waals surface area contributed by atoms with Gasteiger partial charge in [0.05, 0.1) is 19.1 Å². The molecule has 1 N–H and O–H groups in total. The molecule has 0 atom stereocenters. The first kappa shape index (κ1) is 14.0. The van der Waals surface area contributed by atoms with Gasteiger partial charge in [-0.15, -0.1) is 0 Å². The van der Waals surface area contributed by atoms with Crippen LogP contribution in [-0.4, -0.2) is 37.1 Å². The Morgan fingerprint density at radius 3 is 2.55 bits per heavy atom. The molecule has 1 aliphatic heterocycles. The lowest BCUT2D eigenvalue weighted by Gasteiger charge is -2.18. The number of rotatable bonds is 5. The van der Waals surface area contributed by atoms with Crippen molar-refractivity contribution in [3.05, 3.63) is 45.9 Å². The topological polar surface area (TPSA) is 76.9 Å². The van der Waals surface area contributed by atoms with E-state index in [4.69, 9.17) is 9.47 Å². The first-order valence-electron chi connectivity index (χ1n) is 6.18. The molecule has 0 aromatic heterocycles. The minimum Gasteiger partial charge on any atom is -0.497 e. The number of nitrogens with one attached hydrogen (secondary N) is 1. The molecule has 108 valence electrons. The van der Waals surface area contributed by atoms with Gasteiger partial charge in [-0.2, -0.15) is 0 Å². The van der Waals surface area contributed by atoms with Gasteiger partial charge in [0.25, 0.3) is 6.20 Å². The molecule has 1 heterocycles. The molecule has 0 radical (unpaired) electrons. The summed E-state index contributed by atoms with van der Waals surface area (Å²) in [5.74, 6) is 1.93. The summed E-state index contributed by atoms with van der Waals surface area (Å²) < 4.78 is 10.4. The van der Waals surface area contributed by atoms with Crippen LogP contribution in [0.3, 0.4) is 0 Å². The third-order valence-electron chi connectivity index (χ3n) is 3.04. The van der Waals surface area contributed by atoms with Crippen molar-refractivity contribution in [1.29, 1.82) is 0 Å². The second-order valence-electron chi connectivity index (χ2n) is 4.37. The van der Waals surface area contributed by atoms with Crippen LogP contribution in [0.25, 0.3) is 0 Å². The highest BCUT2D eigenvalue weighted by Gasteiger charge is 2.20. The zero-order valence-corrected chi connectivity index (χ0v) is 11.5. The first-order chi connectivity index (χ1) is 9.62. The van der Waals surface area contributed by atoms with E-state index in [-0.39, 0.29) is 0 Å². The Labute approximate surface area is 116 Å². The lowest BCUT2D eigenvalue weighted by molar-refractivity contribution is -0.404. The van der Waals surface area contributed by atoms with Crippen LogP contribution in [-0.2, 0) is 6.54 Å². The van der Waals surface area contributed by atoms with Crippen LogP contribution >= 0.6 is 0 Å². The number of ether oxygens (including phenoxy) is 2. The number of hydrogen-bond donors (Lipinski definition) is 1. The summed E-state index contributed by atoms with van der Waals surface area (Å²) in [5, 5.41) is 13.6. The van der Waals surface area contributed by atoms with Crippen LogP contribution in [0.5, 0.6) is 11.5 Å². The van der Waals surface area contributed by atoms with E-state index in [2.05, 4.69) is 5.32 Å². The molecule has 20 heavy (non-hydrogen) atoms. The first-order valence-corrected chi connectivity index (χ1v) is 6.18. The smallest absolute Gasteiger partial charge is 0.274 e. The predicted molar refractivity (Wildman–Crippen MR) is 73.0 cm³/mol. The van der Waals surface area contributed by atoms with Crippen molar-refractivity contribution >= 4 is 0 Å². The fraction of sp³-hybridized carbons (Fsp3) is 0.385. The largest absolute Gasteiger partial charge is 0.497 e. The van der Waals surface area contributed by atoms with Crippen LogP contribution in [0.1, 0.15) is 5.56 Å². The van der Waals surface area contributed by atoms with Gasteiger partial charge in [0.2, 0.25) is 0 Å². The SMILES string of the molecule is COc1cc(CN2CCN/C2=C\[N+](=O)[O-])cc(OC)c1. The fourth-order valence-electron chi connectivity index (χ4n) is 2.12. The van der Waals surface area contributed by atoms with Gasteiger partial charge >= 0.3 is 0 Å². The van der Waals surface area contributed by atoms with E-state index in [1.165, 1.54) is 0 Å². The quantitative estimate of drug-likeness (QED) is 0.644.